The minimum atomic E-state index is -0.127. The summed E-state index contributed by atoms with van der Waals surface area (Å²) >= 11 is 0. The lowest BCUT2D eigenvalue weighted by molar-refractivity contribution is -0.148. The van der Waals surface area contributed by atoms with Crippen LogP contribution in [0.3, 0.4) is 0 Å². The van der Waals surface area contributed by atoms with Gasteiger partial charge in [0.05, 0.1) is 7.11 Å². The highest BCUT2D eigenvalue weighted by molar-refractivity contribution is 6.10. The molecular formula is C18H22O3. The van der Waals surface area contributed by atoms with Crippen molar-refractivity contribution in [2.24, 2.45) is 23.7 Å². The highest BCUT2D eigenvalue weighted by Crippen LogP contribution is 2.49. The molecule has 1 saturated carbocycles. The molecule has 21 heavy (non-hydrogen) atoms. The molecule has 0 N–H and O–H groups in total. The third-order valence-electron chi connectivity index (χ3n) is 4.66. The van der Waals surface area contributed by atoms with Crippen LogP contribution in [-0.2, 0) is 14.3 Å². The molecule has 0 radical (unpaired) electrons. The number of carbonyl (C=O) groups is 2. The summed E-state index contributed by atoms with van der Waals surface area (Å²) in [6.07, 6.45) is 1.35. The third-order valence-corrected chi connectivity index (χ3v) is 4.66. The summed E-state index contributed by atoms with van der Waals surface area (Å²) in [6, 6.07) is 10.3. The van der Waals surface area contributed by atoms with E-state index in [0.29, 0.717) is 11.8 Å². The van der Waals surface area contributed by atoms with E-state index in [1.807, 2.05) is 32.0 Å². The van der Waals surface area contributed by atoms with Crippen molar-refractivity contribution in [1.29, 1.82) is 0 Å². The van der Waals surface area contributed by atoms with Gasteiger partial charge in [-0.15, -0.1) is 0 Å². The van der Waals surface area contributed by atoms with Crippen LogP contribution in [0.15, 0.2) is 42.2 Å². The molecule has 3 rings (SSSR count). The van der Waals surface area contributed by atoms with Crippen molar-refractivity contribution in [3.63, 3.8) is 0 Å². The van der Waals surface area contributed by atoms with Crippen molar-refractivity contribution in [3.05, 3.63) is 47.7 Å². The van der Waals surface area contributed by atoms with E-state index < -0.39 is 0 Å². The second-order valence-electron chi connectivity index (χ2n) is 5.90. The van der Waals surface area contributed by atoms with Gasteiger partial charge in [0.2, 0.25) is 5.78 Å². The van der Waals surface area contributed by atoms with Crippen molar-refractivity contribution < 1.29 is 14.3 Å². The summed E-state index contributed by atoms with van der Waals surface area (Å²) in [4.78, 5) is 23.4. The maximum Gasteiger partial charge on any atom is 0.201 e. The maximum absolute atomic E-state index is 11.8. The van der Waals surface area contributed by atoms with Crippen LogP contribution >= 0.6 is 0 Å². The molecule has 0 saturated heterocycles. The van der Waals surface area contributed by atoms with Gasteiger partial charge in [-0.05, 0) is 18.8 Å². The summed E-state index contributed by atoms with van der Waals surface area (Å²) < 4.78 is 4.90. The number of Topliss-reactive ketones (excluding diaryl/α,β-unsaturated/α-hetero) is 1. The Morgan fingerprint density at radius 1 is 0.952 bits per heavy atom. The Morgan fingerprint density at radius 2 is 1.52 bits per heavy atom. The molecule has 3 heteroatoms. The lowest BCUT2D eigenvalue weighted by atomic mass is 9.53. The molecule has 112 valence electrons. The molecule has 1 aromatic rings. The Balaban J connectivity index is 0.000000194. The fourth-order valence-corrected chi connectivity index (χ4v) is 3.16. The fourth-order valence-electron chi connectivity index (χ4n) is 3.16. The molecule has 0 aliphatic heterocycles. The van der Waals surface area contributed by atoms with Gasteiger partial charge in [0.25, 0.3) is 0 Å². The molecule has 0 bridgehead atoms. The molecule has 2 aliphatic carbocycles. The van der Waals surface area contributed by atoms with Gasteiger partial charge in [-0.2, -0.15) is 0 Å². The molecule has 2 unspecified atom stereocenters. The molecule has 0 heterocycles. The van der Waals surface area contributed by atoms with Crippen LogP contribution in [-0.4, -0.2) is 18.7 Å². The van der Waals surface area contributed by atoms with Crippen LogP contribution in [0.4, 0.5) is 0 Å². The van der Waals surface area contributed by atoms with Gasteiger partial charge in [-0.25, -0.2) is 0 Å². The molecule has 2 aliphatic rings. The van der Waals surface area contributed by atoms with Gasteiger partial charge < -0.3 is 4.74 Å². The quantitative estimate of drug-likeness (QED) is 0.796. The van der Waals surface area contributed by atoms with E-state index in [9.17, 15) is 9.59 Å². The van der Waals surface area contributed by atoms with E-state index >= 15 is 0 Å². The molecule has 1 fully saturated rings. The predicted molar refractivity (Wildman–Crippen MR) is 81.6 cm³/mol. The van der Waals surface area contributed by atoms with Crippen molar-refractivity contribution in [2.45, 2.75) is 20.8 Å². The topological polar surface area (TPSA) is 43.4 Å². The predicted octanol–water partition coefficient (Wildman–Crippen LogP) is 3.18. The highest BCUT2D eigenvalue weighted by Gasteiger charge is 2.55. The van der Waals surface area contributed by atoms with Crippen molar-refractivity contribution in [1.82, 2.24) is 0 Å². The average Bonchev–Trinajstić information content (AvgIpc) is 2.49. The Hall–Kier alpha value is -1.90. The summed E-state index contributed by atoms with van der Waals surface area (Å²) in [6.45, 7) is 6.14. The van der Waals surface area contributed by atoms with E-state index in [4.69, 9.17) is 4.74 Å². The first kappa shape index (κ1) is 15.5. The zero-order valence-corrected chi connectivity index (χ0v) is 13.0. The van der Waals surface area contributed by atoms with Gasteiger partial charge in [0, 0.05) is 17.9 Å². The summed E-state index contributed by atoms with van der Waals surface area (Å²) in [5.41, 5.74) is 1.32. The fraction of sp³-hybridized carbons (Fsp3) is 0.444. The van der Waals surface area contributed by atoms with Crippen LogP contribution in [0.25, 0.3) is 0 Å². The van der Waals surface area contributed by atoms with Crippen LogP contribution < -0.4 is 0 Å². The number of aryl methyl sites for hydroxylation is 1. The molecule has 3 nitrogen and oxygen atoms in total. The van der Waals surface area contributed by atoms with Gasteiger partial charge >= 0.3 is 0 Å². The second kappa shape index (κ2) is 6.25. The number of methoxy groups -OCH3 is 1. The molecular weight excluding hydrogens is 264 g/mol. The normalized spacial score (nSPS) is 30.4. The average molecular weight is 286 g/mol. The number of fused-ring (bicyclic) bond motifs is 1. The molecule has 0 aromatic heterocycles. The van der Waals surface area contributed by atoms with E-state index in [1.165, 1.54) is 18.7 Å². The largest absolute Gasteiger partial charge is 0.493 e. The number of benzene rings is 1. The number of allylic oxidation sites excluding steroid dienone is 2. The number of hydrogen-bond acceptors (Lipinski definition) is 3. The first-order valence-corrected chi connectivity index (χ1v) is 7.32. The standard InChI is InChI=1S/C11H14O3.C7H8/c1-5-6(2)10-9(5)7(12)4-8(14-3)11(10)13;1-7-5-3-2-4-6-7/h4-6,9-10H,1-3H3;2-6H,1H3/t5-,6-,9?,10?;/m1./s1. The minimum absolute atomic E-state index is 0.00250. The smallest absolute Gasteiger partial charge is 0.201 e. The van der Waals surface area contributed by atoms with Crippen molar-refractivity contribution in [2.75, 3.05) is 7.11 Å². The number of ether oxygens (including phenoxy) is 1. The summed E-state index contributed by atoms with van der Waals surface area (Å²) in [7, 11) is 1.43. The van der Waals surface area contributed by atoms with E-state index in [1.54, 1.807) is 0 Å². The minimum Gasteiger partial charge on any atom is -0.493 e. The van der Waals surface area contributed by atoms with Crippen molar-refractivity contribution in [3.8, 4) is 0 Å². The lowest BCUT2D eigenvalue weighted by Crippen LogP contribution is -2.54. The number of ketones is 2. The highest BCUT2D eigenvalue weighted by atomic mass is 16.5. The monoisotopic (exact) mass is 286 g/mol. The number of rotatable bonds is 1. The van der Waals surface area contributed by atoms with E-state index in [0.717, 1.165) is 0 Å². The van der Waals surface area contributed by atoms with E-state index in [2.05, 4.69) is 19.1 Å². The molecule has 0 spiro atoms. The summed E-state index contributed by atoms with van der Waals surface area (Å²) in [5, 5.41) is 0. The number of carbonyl (C=O) groups excluding carboxylic acids is 2. The lowest BCUT2D eigenvalue weighted by Gasteiger charge is -2.48. The molecule has 1 aromatic carbocycles. The Labute approximate surface area is 126 Å². The van der Waals surface area contributed by atoms with Crippen molar-refractivity contribution >= 4 is 11.6 Å². The van der Waals surface area contributed by atoms with Crippen LogP contribution in [0, 0.1) is 30.6 Å². The van der Waals surface area contributed by atoms with Crippen LogP contribution in [0.1, 0.15) is 19.4 Å². The first-order valence-electron chi connectivity index (χ1n) is 7.32. The van der Waals surface area contributed by atoms with Gasteiger partial charge in [0.1, 0.15) is 0 Å². The Bertz CT molecular complexity index is 559. The number of hydrogen-bond donors (Lipinski definition) is 0. The van der Waals surface area contributed by atoms with E-state index in [-0.39, 0.29) is 29.2 Å². The third kappa shape index (κ3) is 2.92. The Morgan fingerprint density at radius 3 is 2.00 bits per heavy atom. The van der Waals surface area contributed by atoms with Crippen LogP contribution in [0.2, 0.25) is 0 Å². The summed E-state index contributed by atoms with van der Waals surface area (Å²) in [5.74, 6) is 0.699. The molecule has 0 amide bonds. The van der Waals surface area contributed by atoms with Gasteiger partial charge in [-0.1, -0.05) is 49.7 Å². The van der Waals surface area contributed by atoms with Gasteiger partial charge in [-0.3, -0.25) is 9.59 Å². The SMILES string of the molecule is COC1=CC(=O)C2C(C1=O)[C@H](C)[C@H]2C.Cc1ccccc1. The zero-order chi connectivity index (χ0) is 15.6. The maximum atomic E-state index is 11.8. The second-order valence-corrected chi connectivity index (χ2v) is 5.90. The Kier molecular flexibility index (Phi) is 4.61. The van der Waals surface area contributed by atoms with Gasteiger partial charge in [0.15, 0.2) is 11.5 Å². The zero-order valence-electron chi connectivity index (χ0n) is 13.0. The van der Waals surface area contributed by atoms with Crippen LogP contribution in [0.5, 0.6) is 0 Å². The first-order chi connectivity index (χ1) is 9.97. The molecule has 4 atom stereocenters.